The van der Waals surface area contributed by atoms with Crippen molar-refractivity contribution in [1.82, 2.24) is 15.8 Å². The van der Waals surface area contributed by atoms with Crippen LogP contribution in [-0.4, -0.2) is 42.6 Å². The molecule has 2 N–H and O–H groups in total. The van der Waals surface area contributed by atoms with Gasteiger partial charge in [-0.3, -0.25) is 10.2 Å². The highest BCUT2D eigenvalue weighted by molar-refractivity contribution is 5.80. The molecule has 3 saturated heterocycles. The molecule has 2 atom stereocenters. The summed E-state index contributed by atoms with van der Waals surface area (Å²) in [5.74, 6) is -0.442. The molecule has 4 rings (SSSR count). The van der Waals surface area contributed by atoms with Crippen molar-refractivity contribution in [3.8, 4) is 0 Å². The standard InChI is InChI=1S/C18H24FN3O2/c19-15-5-2-1-4-13(15)16-14(12-20-21-16)17(23)22-9-7-18(8-10-22)6-3-11-24-18/h1-2,4-5,14,16,20-21H,3,6-12H2. The number of hydrogen-bond donors (Lipinski definition) is 2. The van der Waals surface area contributed by atoms with Crippen LogP contribution in [0.5, 0.6) is 0 Å². The first kappa shape index (κ1) is 16.0. The molecule has 3 fully saturated rings. The smallest absolute Gasteiger partial charge is 0.229 e. The minimum absolute atomic E-state index is 0.00783. The Labute approximate surface area is 141 Å². The lowest BCUT2D eigenvalue weighted by atomic mass is 9.87. The molecule has 0 aromatic heterocycles. The van der Waals surface area contributed by atoms with Crippen molar-refractivity contribution in [3.63, 3.8) is 0 Å². The molecule has 1 spiro atoms. The molecule has 0 radical (unpaired) electrons. The monoisotopic (exact) mass is 333 g/mol. The summed E-state index contributed by atoms with van der Waals surface area (Å²) in [5, 5.41) is 0. The first-order valence-corrected chi connectivity index (χ1v) is 8.84. The summed E-state index contributed by atoms with van der Waals surface area (Å²) in [6.45, 7) is 2.84. The van der Waals surface area contributed by atoms with Gasteiger partial charge >= 0.3 is 0 Å². The van der Waals surface area contributed by atoms with Crippen molar-refractivity contribution in [2.75, 3.05) is 26.2 Å². The van der Waals surface area contributed by atoms with Gasteiger partial charge in [-0.25, -0.2) is 9.82 Å². The van der Waals surface area contributed by atoms with E-state index < -0.39 is 0 Å². The number of hydrazine groups is 1. The Morgan fingerprint density at radius 3 is 2.75 bits per heavy atom. The number of likely N-dealkylation sites (tertiary alicyclic amines) is 1. The highest BCUT2D eigenvalue weighted by atomic mass is 19.1. The number of piperidine rings is 1. The SMILES string of the molecule is O=C(C1CNNC1c1ccccc1F)N1CCC2(CCCO2)CC1. The first-order valence-electron chi connectivity index (χ1n) is 8.84. The normalized spacial score (nSPS) is 29.3. The number of benzene rings is 1. The lowest BCUT2D eigenvalue weighted by molar-refractivity contribution is -0.140. The molecule has 130 valence electrons. The van der Waals surface area contributed by atoms with Gasteiger partial charge in [-0.1, -0.05) is 18.2 Å². The van der Waals surface area contributed by atoms with Gasteiger partial charge < -0.3 is 9.64 Å². The van der Waals surface area contributed by atoms with Crippen molar-refractivity contribution in [3.05, 3.63) is 35.6 Å². The van der Waals surface area contributed by atoms with Gasteiger partial charge in [0.05, 0.1) is 17.6 Å². The number of nitrogens with one attached hydrogen (secondary N) is 2. The predicted octanol–water partition coefficient (Wildman–Crippen LogP) is 1.76. The molecule has 0 saturated carbocycles. The average molecular weight is 333 g/mol. The number of rotatable bonds is 2. The topological polar surface area (TPSA) is 53.6 Å². The minimum atomic E-state index is -0.322. The molecule has 1 aromatic rings. The summed E-state index contributed by atoms with van der Waals surface area (Å²) in [4.78, 5) is 14.9. The molecule has 1 aromatic carbocycles. The van der Waals surface area contributed by atoms with E-state index in [1.54, 1.807) is 12.1 Å². The molecular weight excluding hydrogens is 309 g/mol. The summed E-state index contributed by atoms with van der Waals surface area (Å²) >= 11 is 0. The van der Waals surface area contributed by atoms with Gasteiger partial charge in [0, 0.05) is 31.8 Å². The van der Waals surface area contributed by atoms with Crippen LogP contribution < -0.4 is 10.9 Å². The van der Waals surface area contributed by atoms with Gasteiger partial charge in [0.25, 0.3) is 0 Å². The second-order valence-corrected chi connectivity index (χ2v) is 7.09. The summed E-state index contributed by atoms with van der Waals surface area (Å²) in [6.07, 6.45) is 4.06. The van der Waals surface area contributed by atoms with E-state index in [0.717, 1.165) is 45.4 Å². The summed E-state index contributed by atoms with van der Waals surface area (Å²) < 4.78 is 20.0. The van der Waals surface area contributed by atoms with Crippen LogP contribution in [0.2, 0.25) is 0 Å². The number of carbonyl (C=O) groups is 1. The van der Waals surface area contributed by atoms with Crippen LogP contribution in [0.3, 0.4) is 0 Å². The van der Waals surface area contributed by atoms with Gasteiger partial charge in [0.15, 0.2) is 0 Å². The van der Waals surface area contributed by atoms with Crippen LogP contribution in [0.25, 0.3) is 0 Å². The zero-order valence-corrected chi connectivity index (χ0v) is 13.8. The van der Waals surface area contributed by atoms with Crippen molar-refractivity contribution in [1.29, 1.82) is 0 Å². The van der Waals surface area contributed by atoms with E-state index in [1.165, 1.54) is 6.07 Å². The molecule has 24 heavy (non-hydrogen) atoms. The number of hydrogen-bond acceptors (Lipinski definition) is 4. The van der Waals surface area contributed by atoms with E-state index in [0.29, 0.717) is 12.1 Å². The second kappa shape index (κ2) is 6.43. The minimum Gasteiger partial charge on any atom is -0.375 e. The Hall–Kier alpha value is -1.50. The molecule has 1 amide bonds. The Kier molecular flexibility index (Phi) is 4.28. The fourth-order valence-corrected chi connectivity index (χ4v) is 4.27. The van der Waals surface area contributed by atoms with Crippen molar-refractivity contribution in [2.24, 2.45) is 5.92 Å². The Morgan fingerprint density at radius 1 is 1.25 bits per heavy atom. The van der Waals surface area contributed by atoms with Crippen molar-refractivity contribution < 1.29 is 13.9 Å². The maximum absolute atomic E-state index is 14.1. The molecule has 2 unspecified atom stereocenters. The Morgan fingerprint density at radius 2 is 2.04 bits per heavy atom. The quantitative estimate of drug-likeness (QED) is 0.866. The van der Waals surface area contributed by atoms with Crippen molar-refractivity contribution in [2.45, 2.75) is 37.3 Å². The van der Waals surface area contributed by atoms with Gasteiger partial charge in [-0.05, 0) is 31.7 Å². The first-order chi connectivity index (χ1) is 11.7. The lowest BCUT2D eigenvalue weighted by Gasteiger charge is -2.39. The third kappa shape index (κ3) is 2.83. The van der Waals surface area contributed by atoms with Crippen LogP contribution >= 0.6 is 0 Å². The third-order valence-corrected chi connectivity index (χ3v) is 5.71. The average Bonchev–Trinajstić information content (AvgIpc) is 3.25. The summed E-state index contributed by atoms with van der Waals surface area (Å²) in [6, 6.07) is 6.35. The number of carbonyl (C=O) groups excluding carboxylic acids is 1. The van der Waals surface area contributed by atoms with E-state index in [4.69, 9.17) is 4.74 Å². The third-order valence-electron chi connectivity index (χ3n) is 5.71. The number of ether oxygens (including phenoxy) is 1. The van der Waals surface area contributed by atoms with Gasteiger partial charge in [0.1, 0.15) is 5.82 Å². The highest BCUT2D eigenvalue weighted by Gasteiger charge is 2.43. The van der Waals surface area contributed by atoms with Crippen LogP contribution in [-0.2, 0) is 9.53 Å². The Balaban J connectivity index is 1.45. The molecule has 0 aliphatic carbocycles. The van der Waals surface area contributed by atoms with E-state index >= 15 is 0 Å². The van der Waals surface area contributed by atoms with Gasteiger partial charge in [-0.15, -0.1) is 0 Å². The predicted molar refractivity (Wildman–Crippen MR) is 87.5 cm³/mol. The van der Waals surface area contributed by atoms with Crippen LogP contribution in [0.1, 0.15) is 37.3 Å². The zero-order chi connectivity index (χ0) is 16.6. The lowest BCUT2D eigenvalue weighted by Crippen LogP contribution is -2.49. The molecule has 5 nitrogen and oxygen atoms in total. The molecule has 3 aliphatic heterocycles. The largest absolute Gasteiger partial charge is 0.375 e. The van der Waals surface area contributed by atoms with Gasteiger partial charge in [-0.2, -0.15) is 0 Å². The van der Waals surface area contributed by atoms with E-state index in [1.807, 2.05) is 11.0 Å². The van der Waals surface area contributed by atoms with Gasteiger partial charge in [0.2, 0.25) is 5.91 Å². The van der Waals surface area contributed by atoms with E-state index in [9.17, 15) is 9.18 Å². The van der Waals surface area contributed by atoms with Crippen LogP contribution in [0, 0.1) is 11.7 Å². The molecule has 6 heteroatoms. The summed E-state index contributed by atoms with van der Waals surface area (Å²) in [5.41, 5.74) is 6.66. The molecular formula is C18H24FN3O2. The van der Waals surface area contributed by atoms with E-state index in [-0.39, 0.29) is 29.3 Å². The highest BCUT2D eigenvalue weighted by Crippen LogP contribution is 2.37. The maximum atomic E-state index is 14.1. The molecule has 3 aliphatic rings. The van der Waals surface area contributed by atoms with Crippen LogP contribution in [0.15, 0.2) is 24.3 Å². The Bertz CT molecular complexity index is 608. The van der Waals surface area contributed by atoms with E-state index in [2.05, 4.69) is 10.9 Å². The fourth-order valence-electron chi connectivity index (χ4n) is 4.27. The molecule has 3 heterocycles. The number of nitrogens with zero attached hydrogens (tertiary/aromatic N) is 1. The second-order valence-electron chi connectivity index (χ2n) is 7.09. The van der Waals surface area contributed by atoms with Crippen LogP contribution in [0.4, 0.5) is 4.39 Å². The van der Waals surface area contributed by atoms with Crippen molar-refractivity contribution >= 4 is 5.91 Å². The number of halogens is 1. The zero-order valence-electron chi connectivity index (χ0n) is 13.8. The molecule has 0 bridgehead atoms. The fraction of sp³-hybridized carbons (Fsp3) is 0.611. The number of amides is 1. The summed E-state index contributed by atoms with van der Waals surface area (Å²) in [7, 11) is 0. The maximum Gasteiger partial charge on any atom is 0.229 e.